The Morgan fingerprint density at radius 2 is 1.81 bits per heavy atom. The van der Waals surface area contributed by atoms with E-state index in [1.54, 1.807) is 41.6 Å². The molecule has 0 saturated carbocycles. The molecule has 0 N–H and O–H groups in total. The minimum absolute atomic E-state index is 0.257. The minimum atomic E-state index is -1.03. The second-order valence-electron chi connectivity index (χ2n) is 5.73. The van der Waals surface area contributed by atoms with Gasteiger partial charge >= 0.3 is 0 Å². The van der Waals surface area contributed by atoms with E-state index in [1.165, 1.54) is 12.1 Å². The lowest BCUT2D eigenvalue weighted by atomic mass is 10.1. The molecule has 136 valence electrons. The molecule has 4 aromatic rings. The van der Waals surface area contributed by atoms with Gasteiger partial charge in [0.15, 0.2) is 0 Å². The Labute approximate surface area is 167 Å². The van der Waals surface area contributed by atoms with Crippen molar-refractivity contribution in [3.05, 3.63) is 72.1 Å². The fraction of sp³-hybridized carbons (Fsp3) is 0.100. The molecule has 0 radical (unpaired) electrons. The van der Waals surface area contributed by atoms with Crippen LogP contribution in [0, 0.1) is 5.82 Å². The molecule has 0 fully saturated rings. The molecule has 27 heavy (non-hydrogen) atoms. The van der Waals surface area contributed by atoms with Crippen LogP contribution < -0.4 is 0 Å². The Balaban J connectivity index is 1.56. The Morgan fingerprint density at radius 1 is 1.04 bits per heavy atom. The zero-order chi connectivity index (χ0) is 18.6. The van der Waals surface area contributed by atoms with Gasteiger partial charge < -0.3 is 0 Å². The van der Waals surface area contributed by atoms with E-state index in [9.17, 15) is 8.60 Å². The third-order valence-electron chi connectivity index (χ3n) is 4.00. The van der Waals surface area contributed by atoms with Crippen molar-refractivity contribution < 1.29 is 8.60 Å². The van der Waals surface area contributed by atoms with Gasteiger partial charge in [-0.3, -0.25) is 4.21 Å². The summed E-state index contributed by atoms with van der Waals surface area (Å²) in [7, 11) is -1.03. The van der Waals surface area contributed by atoms with Crippen LogP contribution in [0.15, 0.2) is 76.2 Å². The highest BCUT2D eigenvalue weighted by Crippen LogP contribution is 2.37. The highest BCUT2D eigenvalue weighted by molar-refractivity contribution is 8.00. The van der Waals surface area contributed by atoms with Gasteiger partial charge in [-0.15, -0.1) is 23.1 Å². The summed E-state index contributed by atoms with van der Waals surface area (Å²) in [6.45, 7) is 0. The van der Waals surface area contributed by atoms with Gasteiger partial charge in [0.25, 0.3) is 0 Å². The van der Waals surface area contributed by atoms with E-state index in [0.29, 0.717) is 11.5 Å². The maximum absolute atomic E-state index is 13.2. The van der Waals surface area contributed by atoms with E-state index in [2.05, 4.69) is 9.97 Å². The highest BCUT2D eigenvalue weighted by atomic mass is 32.2. The lowest BCUT2D eigenvalue weighted by Crippen LogP contribution is -2.01. The molecule has 0 saturated heterocycles. The summed E-state index contributed by atoms with van der Waals surface area (Å²) in [4.78, 5) is 10.5. The number of halogens is 1. The largest absolute Gasteiger partial charge is 0.254 e. The summed E-state index contributed by atoms with van der Waals surface area (Å²) >= 11 is 3.12. The third kappa shape index (κ3) is 4.10. The van der Waals surface area contributed by atoms with Gasteiger partial charge in [-0.1, -0.05) is 30.3 Å². The van der Waals surface area contributed by atoms with Crippen LogP contribution in [0.25, 0.3) is 21.3 Å². The lowest BCUT2D eigenvalue weighted by molar-refractivity contribution is 0.628. The van der Waals surface area contributed by atoms with Crippen LogP contribution in [0.2, 0.25) is 0 Å². The molecule has 2 aromatic heterocycles. The molecule has 0 bridgehead atoms. The number of nitrogens with zero attached hydrogens (tertiary/aromatic N) is 2. The number of rotatable bonds is 6. The minimum Gasteiger partial charge on any atom is -0.254 e. The van der Waals surface area contributed by atoms with Crippen molar-refractivity contribution >= 4 is 44.1 Å². The van der Waals surface area contributed by atoms with Gasteiger partial charge in [0.05, 0.1) is 16.2 Å². The molecule has 0 amide bonds. The number of hydrogen-bond donors (Lipinski definition) is 0. The number of aromatic nitrogens is 2. The first-order valence-corrected chi connectivity index (χ1v) is 11.4. The fourth-order valence-corrected chi connectivity index (χ4v) is 5.98. The summed E-state index contributed by atoms with van der Waals surface area (Å²) in [5.41, 5.74) is 1.94. The van der Waals surface area contributed by atoms with Gasteiger partial charge in [0, 0.05) is 27.3 Å². The first-order valence-electron chi connectivity index (χ1n) is 8.27. The number of hydrogen-bond acceptors (Lipinski definition) is 5. The van der Waals surface area contributed by atoms with Gasteiger partial charge in [0.2, 0.25) is 0 Å². The van der Waals surface area contributed by atoms with E-state index in [-0.39, 0.29) is 5.82 Å². The maximum Gasteiger partial charge on any atom is 0.128 e. The summed E-state index contributed by atoms with van der Waals surface area (Å²) in [5.74, 6) is 0.982. The maximum atomic E-state index is 13.2. The molecule has 4 rings (SSSR count). The Hall–Kier alpha value is -2.09. The van der Waals surface area contributed by atoms with Crippen LogP contribution >= 0.6 is 23.1 Å². The highest BCUT2D eigenvalue weighted by Gasteiger charge is 2.14. The standard InChI is InChI=1S/C20H15FN2OS3/c21-15-8-6-14(7-9-15)17-12-26-20-18(17)19(22-13-23-20)25-10-11-27(24)16-4-2-1-3-5-16/h1-9,12-13H,10-11H2/t27-/m0/s1. The molecule has 2 heterocycles. The third-order valence-corrected chi connectivity index (χ3v) is 7.51. The van der Waals surface area contributed by atoms with Crippen LogP contribution in [0.3, 0.4) is 0 Å². The van der Waals surface area contributed by atoms with Crippen LogP contribution in [0.5, 0.6) is 0 Å². The van der Waals surface area contributed by atoms with Crippen molar-refractivity contribution in [3.8, 4) is 11.1 Å². The summed E-state index contributed by atoms with van der Waals surface area (Å²) in [6.07, 6.45) is 1.56. The predicted molar refractivity (Wildman–Crippen MR) is 111 cm³/mol. The SMILES string of the molecule is O=[S@@](CCSc1ncnc2scc(-c3ccc(F)cc3)c12)c1ccccc1. The number of fused-ring (bicyclic) bond motifs is 1. The second kappa shape index (κ2) is 8.29. The second-order valence-corrected chi connectivity index (χ2v) is 9.24. The van der Waals surface area contributed by atoms with Crippen molar-refractivity contribution in [2.24, 2.45) is 0 Å². The molecular formula is C20H15FN2OS3. The average molecular weight is 415 g/mol. The number of benzene rings is 2. The number of thioether (sulfide) groups is 1. The van der Waals surface area contributed by atoms with Crippen molar-refractivity contribution in [1.29, 1.82) is 0 Å². The normalized spacial score (nSPS) is 12.3. The van der Waals surface area contributed by atoms with Crippen LogP contribution in [0.1, 0.15) is 0 Å². The lowest BCUT2D eigenvalue weighted by Gasteiger charge is -2.06. The Morgan fingerprint density at radius 3 is 2.59 bits per heavy atom. The topological polar surface area (TPSA) is 42.9 Å². The fourth-order valence-electron chi connectivity index (χ4n) is 2.70. The Bertz CT molecular complexity index is 1080. The first kappa shape index (κ1) is 18.3. The van der Waals surface area contributed by atoms with Gasteiger partial charge in [0.1, 0.15) is 22.0 Å². The Kier molecular flexibility index (Phi) is 5.61. The van der Waals surface area contributed by atoms with Gasteiger partial charge in [-0.2, -0.15) is 0 Å². The summed E-state index contributed by atoms with van der Waals surface area (Å²) < 4.78 is 25.6. The molecule has 0 unspecified atom stereocenters. The monoisotopic (exact) mass is 414 g/mol. The molecule has 0 aliphatic carbocycles. The van der Waals surface area contributed by atoms with E-state index in [0.717, 1.165) is 31.3 Å². The summed E-state index contributed by atoms with van der Waals surface area (Å²) in [6, 6.07) is 15.9. The van der Waals surface area contributed by atoms with E-state index in [4.69, 9.17) is 0 Å². The predicted octanol–water partition coefficient (Wildman–Crippen LogP) is 5.40. The quantitative estimate of drug-likeness (QED) is 0.313. The van der Waals surface area contributed by atoms with Crippen molar-refractivity contribution in [1.82, 2.24) is 9.97 Å². The van der Waals surface area contributed by atoms with Crippen LogP contribution in [-0.4, -0.2) is 25.7 Å². The number of thiophene rings is 1. The molecule has 3 nitrogen and oxygen atoms in total. The molecule has 7 heteroatoms. The molecule has 0 aliphatic rings. The van der Waals surface area contributed by atoms with Crippen molar-refractivity contribution in [3.63, 3.8) is 0 Å². The van der Waals surface area contributed by atoms with E-state index >= 15 is 0 Å². The smallest absolute Gasteiger partial charge is 0.128 e. The van der Waals surface area contributed by atoms with E-state index < -0.39 is 10.8 Å². The first-order chi connectivity index (χ1) is 13.2. The van der Waals surface area contributed by atoms with Crippen molar-refractivity contribution in [2.75, 3.05) is 11.5 Å². The summed E-state index contributed by atoms with van der Waals surface area (Å²) in [5, 5.41) is 3.87. The molecule has 0 spiro atoms. The molecular weight excluding hydrogens is 399 g/mol. The van der Waals surface area contributed by atoms with Gasteiger partial charge in [-0.25, -0.2) is 14.4 Å². The zero-order valence-electron chi connectivity index (χ0n) is 14.2. The average Bonchev–Trinajstić information content (AvgIpc) is 3.14. The van der Waals surface area contributed by atoms with Gasteiger partial charge in [-0.05, 0) is 29.8 Å². The van der Waals surface area contributed by atoms with Crippen LogP contribution in [-0.2, 0) is 10.8 Å². The molecule has 0 aliphatic heterocycles. The van der Waals surface area contributed by atoms with Crippen molar-refractivity contribution in [2.45, 2.75) is 9.92 Å². The van der Waals surface area contributed by atoms with E-state index in [1.807, 2.05) is 35.7 Å². The van der Waals surface area contributed by atoms with Crippen LogP contribution in [0.4, 0.5) is 4.39 Å². The zero-order valence-corrected chi connectivity index (χ0v) is 16.6. The molecule has 1 atom stereocenters. The molecule has 2 aromatic carbocycles.